The SMILES string of the molecule is C=C(C)CN(C)C(=O)Nc1ccc(F)c(C(=O)O)c1. The summed E-state index contributed by atoms with van der Waals surface area (Å²) in [6.45, 7) is 5.84. The fraction of sp³-hybridized carbons (Fsp3) is 0.231. The van der Waals surface area contributed by atoms with Gasteiger partial charge in [-0.1, -0.05) is 12.2 Å². The zero-order valence-electron chi connectivity index (χ0n) is 10.7. The van der Waals surface area contributed by atoms with Crippen molar-refractivity contribution in [2.45, 2.75) is 6.92 Å². The number of carboxylic acid groups (broad SMARTS) is 1. The van der Waals surface area contributed by atoms with Crippen molar-refractivity contribution in [3.05, 3.63) is 41.7 Å². The van der Waals surface area contributed by atoms with Gasteiger partial charge in [0.25, 0.3) is 0 Å². The Morgan fingerprint density at radius 3 is 2.63 bits per heavy atom. The zero-order valence-corrected chi connectivity index (χ0v) is 10.7. The van der Waals surface area contributed by atoms with E-state index in [0.29, 0.717) is 6.54 Å². The molecule has 0 saturated heterocycles. The predicted molar refractivity (Wildman–Crippen MR) is 69.8 cm³/mol. The van der Waals surface area contributed by atoms with Crippen molar-refractivity contribution in [1.29, 1.82) is 0 Å². The van der Waals surface area contributed by atoms with Crippen molar-refractivity contribution in [1.82, 2.24) is 4.90 Å². The summed E-state index contributed by atoms with van der Waals surface area (Å²) in [6.07, 6.45) is 0. The molecular weight excluding hydrogens is 251 g/mol. The first-order valence-corrected chi connectivity index (χ1v) is 5.50. The second kappa shape index (κ2) is 5.99. The molecule has 6 heteroatoms. The number of benzene rings is 1. The molecule has 102 valence electrons. The van der Waals surface area contributed by atoms with Crippen LogP contribution in [0.2, 0.25) is 0 Å². The first-order chi connectivity index (χ1) is 8.81. The van der Waals surface area contributed by atoms with Crippen molar-refractivity contribution < 1.29 is 19.1 Å². The first kappa shape index (κ1) is 14.7. The lowest BCUT2D eigenvalue weighted by atomic mass is 10.2. The fourth-order valence-electron chi connectivity index (χ4n) is 1.46. The van der Waals surface area contributed by atoms with Crippen LogP contribution in [0.1, 0.15) is 17.3 Å². The van der Waals surface area contributed by atoms with E-state index in [1.165, 1.54) is 11.0 Å². The largest absolute Gasteiger partial charge is 0.478 e. The Balaban J connectivity index is 2.83. The lowest BCUT2D eigenvalue weighted by Crippen LogP contribution is -2.32. The molecule has 0 spiro atoms. The summed E-state index contributed by atoms with van der Waals surface area (Å²) in [4.78, 5) is 23.9. The number of carbonyl (C=O) groups excluding carboxylic acids is 1. The summed E-state index contributed by atoms with van der Waals surface area (Å²) in [5, 5.41) is 11.3. The number of nitrogens with one attached hydrogen (secondary N) is 1. The average Bonchev–Trinajstić information content (AvgIpc) is 2.30. The van der Waals surface area contributed by atoms with Gasteiger partial charge in [0.2, 0.25) is 0 Å². The number of carboxylic acids is 1. The van der Waals surface area contributed by atoms with E-state index in [4.69, 9.17) is 5.11 Å². The first-order valence-electron chi connectivity index (χ1n) is 5.50. The van der Waals surface area contributed by atoms with Gasteiger partial charge < -0.3 is 15.3 Å². The molecule has 2 N–H and O–H groups in total. The van der Waals surface area contributed by atoms with Crippen LogP contribution < -0.4 is 5.32 Å². The van der Waals surface area contributed by atoms with Crippen molar-refractivity contribution in [2.24, 2.45) is 0 Å². The molecule has 1 rings (SSSR count). The van der Waals surface area contributed by atoms with Gasteiger partial charge in [-0.25, -0.2) is 14.0 Å². The van der Waals surface area contributed by atoms with Gasteiger partial charge in [-0.05, 0) is 25.1 Å². The Morgan fingerprint density at radius 1 is 1.47 bits per heavy atom. The number of likely N-dealkylation sites (N-methyl/N-ethyl adjacent to an activating group) is 1. The molecule has 0 aliphatic rings. The number of anilines is 1. The number of rotatable bonds is 4. The topological polar surface area (TPSA) is 69.6 Å². The van der Waals surface area contributed by atoms with Gasteiger partial charge >= 0.3 is 12.0 Å². The maximum atomic E-state index is 13.2. The van der Waals surface area contributed by atoms with Gasteiger partial charge in [0.15, 0.2) is 0 Å². The highest BCUT2D eigenvalue weighted by Gasteiger charge is 2.13. The summed E-state index contributed by atoms with van der Waals surface area (Å²) in [5.74, 6) is -2.23. The van der Waals surface area contributed by atoms with Crippen LogP contribution in [0.15, 0.2) is 30.4 Å². The van der Waals surface area contributed by atoms with Gasteiger partial charge in [-0.15, -0.1) is 0 Å². The highest BCUT2D eigenvalue weighted by atomic mass is 19.1. The lowest BCUT2D eigenvalue weighted by molar-refractivity contribution is 0.0692. The third-order valence-electron chi connectivity index (χ3n) is 2.30. The number of hydrogen-bond acceptors (Lipinski definition) is 2. The van der Waals surface area contributed by atoms with E-state index in [9.17, 15) is 14.0 Å². The number of carbonyl (C=O) groups is 2. The Kier molecular flexibility index (Phi) is 4.63. The number of nitrogens with zero attached hydrogens (tertiary/aromatic N) is 1. The molecule has 0 heterocycles. The van der Waals surface area contributed by atoms with E-state index >= 15 is 0 Å². The minimum Gasteiger partial charge on any atom is -0.478 e. The minimum absolute atomic E-state index is 0.220. The summed E-state index contributed by atoms with van der Waals surface area (Å²) in [6, 6.07) is 2.95. The van der Waals surface area contributed by atoms with E-state index in [-0.39, 0.29) is 5.69 Å². The molecule has 0 saturated carbocycles. The summed E-state index contributed by atoms with van der Waals surface area (Å²) in [7, 11) is 1.58. The number of halogens is 1. The smallest absolute Gasteiger partial charge is 0.338 e. The summed E-state index contributed by atoms with van der Waals surface area (Å²) in [5.41, 5.74) is 0.542. The minimum atomic E-state index is -1.39. The van der Waals surface area contributed by atoms with Crippen molar-refractivity contribution in [3.8, 4) is 0 Å². The average molecular weight is 266 g/mol. The summed E-state index contributed by atoms with van der Waals surface area (Å²) < 4.78 is 13.2. The quantitative estimate of drug-likeness (QED) is 0.823. The van der Waals surface area contributed by atoms with E-state index in [0.717, 1.165) is 17.7 Å². The van der Waals surface area contributed by atoms with Gasteiger partial charge in [-0.2, -0.15) is 0 Å². The van der Waals surface area contributed by atoms with Gasteiger partial charge in [0.1, 0.15) is 5.82 Å². The van der Waals surface area contributed by atoms with E-state index in [1.54, 1.807) is 14.0 Å². The highest BCUT2D eigenvalue weighted by Crippen LogP contribution is 2.15. The number of amides is 2. The van der Waals surface area contributed by atoms with Gasteiger partial charge in [-0.3, -0.25) is 0 Å². The van der Waals surface area contributed by atoms with Crippen LogP contribution in [-0.4, -0.2) is 35.6 Å². The van der Waals surface area contributed by atoms with Crippen LogP contribution in [0.25, 0.3) is 0 Å². The number of urea groups is 1. The highest BCUT2D eigenvalue weighted by molar-refractivity contribution is 5.93. The molecule has 0 fully saturated rings. The third-order valence-corrected chi connectivity index (χ3v) is 2.30. The zero-order chi connectivity index (χ0) is 14.6. The molecule has 1 aromatic carbocycles. The van der Waals surface area contributed by atoms with Gasteiger partial charge in [0.05, 0.1) is 5.56 Å². The molecule has 0 aliphatic heterocycles. The molecule has 0 radical (unpaired) electrons. The summed E-state index contributed by atoms with van der Waals surface area (Å²) >= 11 is 0. The molecule has 1 aromatic rings. The van der Waals surface area contributed by atoms with Crippen molar-refractivity contribution in [3.63, 3.8) is 0 Å². The normalized spacial score (nSPS) is 9.84. The molecule has 0 unspecified atom stereocenters. The standard InChI is InChI=1S/C13H15FN2O3/c1-8(2)7-16(3)13(19)15-9-4-5-11(14)10(6-9)12(17)18/h4-6H,1,7H2,2-3H3,(H,15,19)(H,17,18). The molecule has 0 bridgehead atoms. The fourth-order valence-corrected chi connectivity index (χ4v) is 1.46. The van der Waals surface area contributed by atoms with E-state index in [1.807, 2.05) is 0 Å². The maximum Gasteiger partial charge on any atom is 0.338 e. The second-order valence-electron chi connectivity index (χ2n) is 4.24. The lowest BCUT2D eigenvalue weighted by Gasteiger charge is -2.18. The van der Waals surface area contributed by atoms with Crippen LogP contribution in [0.3, 0.4) is 0 Å². The van der Waals surface area contributed by atoms with Crippen molar-refractivity contribution in [2.75, 3.05) is 18.9 Å². The van der Waals surface area contributed by atoms with E-state index in [2.05, 4.69) is 11.9 Å². The molecule has 0 atom stereocenters. The van der Waals surface area contributed by atoms with Crippen LogP contribution in [0, 0.1) is 5.82 Å². The van der Waals surface area contributed by atoms with Crippen LogP contribution in [0.5, 0.6) is 0 Å². The van der Waals surface area contributed by atoms with Crippen LogP contribution in [0.4, 0.5) is 14.9 Å². The number of aromatic carboxylic acids is 1. The number of hydrogen-bond donors (Lipinski definition) is 2. The molecule has 5 nitrogen and oxygen atoms in total. The van der Waals surface area contributed by atoms with Crippen LogP contribution >= 0.6 is 0 Å². The maximum absolute atomic E-state index is 13.2. The Labute approximate surface area is 110 Å². The Hall–Kier alpha value is -2.37. The predicted octanol–water partition coefficient (Wildman–Crippen LogP) is 2.56. The second-order valence-corrected chi connectivity index (χ2v) is 4.24. The third kappa shape index (κ3) is 4.09. The molecule has 0 aliphatic carbocycles. The molecular formula is C13H15FN2O3. The molecule has 0 aromatic heterocycles. The molecule has 2 amide bonds. The Bertz CT molecular complexity index is 529. The van der Waals surface area contributed by atoms with Crippen LogP contribution in [-0.2, 0) is 0 Å². The monoisotopic (exact) mass is 266 g/mol. The van der Waals surface area contributed by atoms with Crippen molar-refractivity contribution >= 4 is 17.7 Å². The Morgan fingerprint density at radius 2 is 2.11 bits per heavy atom. The van der Waals surface area contributed by atoms with Gasteiger partial charge in [0, 0.05) is 19.3 Å². The molecule has 19 heavy (non-hydrogen) atoms. The van der Waals surface area contributed by atoms with E-state index < -0.39 is 23.4 Å².